The van der Waals surface area contributed by atoms with Crippen LogP contribution in [0.15, 0.2) is 65.1 Å². The lowest BCUT2D eigenvalue weighted by molar-refractivity contribution is 0.408. The molecule has 0 unspecified atom stereocenters. The number of hydrogen-bond acceptors (Lipinski definition) is 4. The van der Waals surface area contributed by atoms with Gasteiger partial charge in [0.1, 0.15) is 23.2 Å². The van der Waals surface area contributed by atoms with Crippen LogP contribution < -0.4 is 11.5 Å². The van der Waals surface area contributed by atoms with Crippen molar-refractivity contribution in [3.05, 3.63) is 71.8 Å². The number of benzene rings is 2. The lowest BCUT2D eigenvalue weighted by Crippen LogP contribution is -2.11. The highest BCUT2D eigenvalue weighted by Crippen LogP contribution is 2.29. The van der Waals surface area contributed by atoms with Gasteiger partial charge in [0.15, 0.2) is 0 Å². The molecule has 0 radical (unpaired) electrons. The average Bonchev–Trinajstić information content (AvgIpc) is 3.19. The number of rotatable bonds is 6. The summed E-state index contributed by atoms with van der Waals surface area (Å²) in [5.41, 5.74) is 14.1. The third-order valence-corrected chi connectivity index (χ3v) is 4.19. The highest BCUT2D eigenvalue weighted by Gasteiger charge is 2.09. The van der Waals surface area contributed by atoms with Gasteiger partial charge in [0, 0.05) is 22.3 Å². The standard InChI is InChI=1S/C18H16N4O.C5H13N/c19-17(20)13-5-1-3-11(9-13)15-7-8-16(23-15)12-4-2-6-14(10-12)18(21)22;1-4-5-6(2)3/h1-10H,(H3,19,20)(H3,21,22);4-5H2,1-3H3. The molecule has 0 saturated heterocycles. The SMILES string of the molecule is CCCN(C)C.N=C(N)c1cccc(-c2ccc(-c3cccc(C(=N)N)c3)o2)c1. The van der Waals surface area contributed by atoms with Crippen molar-refractivity contribution in [2.45, 2.75) is 13.3 Å². The molecule has 0 atom stereocenters. The van der Waals surface area contributed by atoms with Crippen molar-refractivity contribution in [2.75, 3.05) is 20.6 Å². The third-order valence-electron chi connectivity index (χ3n) is 4.19. The molecule has 0 bridgehead atoms. The molecule has 0 aliphatic heterocycles. The van der Waals surface area contributed by atoms with E-state index >= 15 is 0 Å². The van der Waals surface area contributed by atoms with Crippen molar-refractivity contribution in [3.8, 4) is 22.6 Å². The molecule has 0 fully saturated rings. The van der Waals surface area contributed by atoms with Crippen molar-refractivity contribution >= 4 is 11.7 Å². The number of amidine groups is 2. The molecule has 0 saturated carbocycles. The number of furan rings is 1. The summed E-state index contributed by atoms with van der Waals surface area (Å²) in [5.74, 6) is 1.42. The minimum absolute atomic E-state index is 0.0211. The Balaban J connectivity index is 0.000000438. The number of nitrogens with one attached hydrogen (secondary N) is 2. The Morgan fingerprint density at radius 1 is 0.828 bits per heavy atom. The van der Waals surface area contributed by atoms with Crippen LogP contribution in [0.1, 0.15) is 24.5 Å². The van der Waals surface area contributed by atoms with Crippen LogP contribution in [0, 0.1) is 10.8 Å². The van der Waals surface area contributed by atoms with Gasteiger partial charge in [-0.05, 0) is 51.3 Å². The van der Waals surface area contributed by atoms with Crippen molar-refractivity contribution in [1.82, 2.24) is 4.90 Å². The van der Waals surface area contributed by atoms with Gasteiger partial charge in [-0.3, -0.25) is 10.8 Å². The Labute approximate surface area is 172 Å². The van der Waals surface area contributed by atoms with E-state index in [4.69, 9.17) is 26.7 Å². The fourth-order valence-corrected chi connectivity index (χ4v) is 2.78. The lowest BCUT2D eigenvalue weighted by atomic mass is 10.1. The first-order valence-electron chi connectivity index (χ1n) is 9.46. The van der Waals surface area contributed by atoms with E-state index in [1.54, 1.807) is 12.1 Å². The summed E-state index contributed by atoms with van der Waals surface area (Å²) < 4.78 is 5.90. The van der Waals surface area contributed by atoms with Gasteiger partial charge in [0.05, 0.1) is 0 Å². The molecular weight excluding hydrogens is 362 g/mol. The van der Waals surface area contributed by atoms with Crippen molar-refractivity contribution in [3.63, 3.8) is 0 Å². The molecule has 0 aliphatic carbocycles. The first kappa shape index (κ1) is 21.9. The summed E-state index contributed by atoms with van der Waals surface area (Å²) in [4.78, 5) is 2.18. The van der Waals surface area contributed by atoms with Gasteiger partial charge < -0.3 is 20.8 Å². The largest absolute Gasteiger partial charge is 0.456 e. The molecule has 2 aromatic carbocycles. The lowest BCUT2D eigenvalue weighted by Gasteiger charge is -2.03. The fraction of sp³-hybridized carbons (Fsp3) is 0.217. The third kappa shape index (κ3) is 6.33. The molecule has 152 valence electrons. The Kier molecular flexibility index (Phi) is 7.74. The Bertz CT molecular complexity index is 903. The van der Waals surface area contributed by atoms with E-state index in [9.17, 15) is 0 Å². The average molecular weight is 392 g/mol. The summed E-state index contributed by atoms with van der Waals surface area (Å²) >= 11 is 0. The zero-order valence-corrected chi connectivity index (χ0v) is 17.2. The second-order valence-electron chi connectivity index (χ2n) is 6.96. The molecule has 0 aliphatic rings. The summed E-state index contributed by atoms with van der Waals surface area (Å²) in [7, 11) is 4.17. The highest BCUT2D eigenvalue weighted by atomic mass is 16.3. The fourth-order valence-electron chi connectivity index (χ4n) is 2.78. The van der Waals surface area contributed by atoms with E-state index in [2.05, 4.69) is 25.9 Å². The van der Waals surface area contributed by atoms with Crippen molar-refractivity contribution in [2.24, 2.45) is 11.5 Å². The Morgan fingerprint density at radius 2 is 1.28 bits per heavy atom. The van der Waals surface area contributed by atoms with E-state index in [0.29, 0.717) is 22.6 Å². The first-order chi connectivity index (χ1) is 13.8. The maximum absolute atomic E-state index is 7.51. The molecule has 0 amide bonds. The first-order valence-corrected chi connectivity index (χ1v) is 9.46. The number of nitrogens with zero attached hydrogens (tertiary/aromatic N) is 1. The predicted octanol–water partition coefficient (Wildman–Crippen LogP) is 4.14. The van der Waals surface area contributed by atoms with Gasteiger partial charge in [-0.25, -0.2) is 0 Å². The van der Waals surface area contributed by atoms with E-state index in [0.717, 1.165) is 11.1 Å². The van der Waals surface area contributed by atoms with Gasteiger partial charge in [-0.15, -0.1) is 0 Å². The van der Waals surface area contributed by atoms with Crippen LogP contribution >= 0.6 is 0 Å². The number of hydrogen-bond donors (Lipinski definition) is 4. The minimum atomic E-state index is 0.0211. The number of nitrogen functional groups attached to an aromatic ring is 2. The highest BCUT2D eigenvalue weighted by molar-refractivity contribution is 5.96. The van der Waals surface area contributed by atoms with Crippen molar-refractivity contribution < 1.29 is 4.42 Å². The maximum atomic E-state index is 7.51. The summed E-state index contributed by atoms with van der Waals surface area (Å²) in [6.07, 6.45) is 1.26. The second kappa shape index (κ2) is 10.2. The molecule has 6 heteroatoms. The monoisotopic (exact) mass is 391 g/mol. The molecule has 3 aromatic rings. The zero-order chi connectivity index (χ0) is 21.4. The summed E-state index contributed by atoms with van der Waals surface area (Å²) in [6.45, 7) is 3.39. The van der Waals surface area contributed by atoms with E-state index in [1.165, 1.54) is 13.0 Å². The molecule has 6 N–H and O–H groups in total. The van der Waals surface area contributed by atoms with Crippen LogP contribution in [-0.4, -0.2) is 37.2 Å². The van der Waals surface area contributed by atoms with E-state index < -0.39 is 0 Å². The van der Waals surface area contributed by atoms with Crippen LogP contribution in [0.25, 0.3) is 22.6 Å². The molecule has 6 nitrogen and oxygen atoms in total. The Morgan fingerprint density at radius 3 is 1.59 bits per heavy atom. The Hall–Kier alpha value is -3.38. The molecule has 1 aromatic heterocycles. The zero-order valence-electron chi connectivity index (χ0n) is 17.2. The molecule has 29 heavy (non-hydrogen) atoms. The molecule has 0 spiro atoms. The molecular formula is C23H29N5O. The summed E-state index contributed by atoms with van der Waals surface area (Å²) in [6, 6.07) is 18.4. The van der Waals surface area contributed by atoms with Crippen molar-refractivity contribution in [1.29, 1.82) is 10.8 Å². The minimum Gasteiger partial charge on any atom is -0.456 e. The summed E-state index contributed by atoms with van der Waals surface area (Å²) in [5, 5.41) is 15.0. The van der Waals surface area contributed by atoms with Gasteiger partial charge >= 0.3 is 0 Å². The van der Waals surface area contributed by atoms with Gasteiger partial charge in [-0.2, -0.15) is 0 Å². The normalized spacial score (nSPS) is 10.3. The topological polar surface area (TPSA) is 116 Å². The van der Waals surface area contributed by atoms with Crippen LogP contribution in [0.4, 0.5) is 0 Å². The van der Waals surface area contributed by atoms with Gasteiger partial charge in [-0.1, -0.05) is 43.3 Å². The maximum Gasteiger partial charge on any atom is 0.134 e. The molecule has 3 rings (SSSR count). The molecule has 1 heterocycles. The smallest absolute Gasteiger partial charge is 0.134 e. The van der Waals surface area contributed by atoms with Gasteiger partial charge in [0.25, 0.3) is 0 Å². The predicted molar refractivity (Wildman–Crippen MR) is 120 cm³/mol. The van der Waals surface area contributed by atoms with Crippen LogP contribution in [0.2, 0.25) is 0 Å². The quantitative estimate of drug-likeness (QED) is 0.373. The second-order valence-corrected chi connectivity index (χ2v) is 6.96. The van der Waals surface area contributed by atoms with E-state index in [1.807, 2.05) is 48.5 Å². The van der Waals surface area contributed by atoms with Crippen LogP contribution in [0.5, 0.6) is 0 Å². The van der Waals surface area contributed by atoms with Gasteiger partial charge in [0.2, 0.25) is 0 Å². The number of nitrogens with two attached hydrogens (primary N) is 2. The van der Waals surface area contributed by atoms with Crippen LogP contribution in [0.3, 0.4) is 0 Å². The van der Waals surface area contributed by atoms with E-state index in [-0.39, 0.29) is 11.7 Å². The van der Waals surface area contributed by atoms with Crippen LogP contribution in [-0.2, 0) is 0 Å².